The van der Waals surface area contributed by atoms with Crippen molar-refractivity contribution in [2.24, 2.45) is 33.7 Å². The third-order valence-electron chi connectivity index (χ3n) is 7.78. The summed E-state index contributed by atoms with van der Waals surface area (Å²) >= 11 is 0. The second kappa shape index (κ2) is 4.92. The van der Waals surface area contributed by atoms with Gasteiger partial charge in [-0.25, -0.2) is 0 Å². The smallest absolute Gasteiger partial charge is 0.186 e. The number of carbonyl (C=O) groups excluding carboxylic acids is 1. The predicted molar refractivity (Wildman–Crippen MR) is 87.3 cm³/mol. The van der Waals surface area contributed by atoms with Crippen molar-refractivity contribution in [1.82, 2.24) is 0 Å². The summed E-state index contributed by atoms with van der Waals surface area (Å²) in [5.41, 5.74) is 1.68. The molecule has 4 rings (SSSR count). The van der Waals surface area contributed by atoms with Crippen molar-refractivity contribution in [2.45, 2.75) is 64.9 Å². The van der Waals surface area contributed by atoms with Gasteiger partial charge in [-0.05, 0) is 61.7 Å². The van der Waals surface area contributed by atoms with Crippen molar-refractivity contribution < 1.29 is 15.1 Å². The largest absolute Gasteiger partial charge is 0.411 e. The number of hydrogen-bond donors (Lipinski definition) is 2. The standard InChI is InChI=1S/C19H27NO3/c1-18-7-5-12(21)9-11(18)3-4-13-14(18)6-8-19(2)15(13)10-16(20-23)17(19)22/h3,12-15,21,23H,4-10H2,1-2H3/b20-16+/t12-,13+,14-,15-,18+,19+/m1/s1. The van der Waals surface area contributed by atoms with Gasteiger partial charge in [-0.3, -0.25) is 4.79 Å². The maximum Gasteiger partial charge on any atom is 0.186 e. The quantitative estimate of drug-likeness (QED) is 0.409. The van der Waals surface area contributed by atoms with E-state index < -0.39 is 0 Å². The molecular formula is C19H27NO3. The molecule has 0 aromatic carbocycles. The number of fused-ring (bicyclic) bond motifs is 5. The fraction of sp³-hybridized carbons (Fsp3) is 0.789. The Hall–Kier alpha value is -1.16. The Morgan fingerprint density at radius 1 is 1.13 bits per heavy atom. The first-order chi connectivity index (χ1) is 10.9. The van der Waals surface area contributed by atoms with Crippen molar-refractivity contribution >= 4 is 11.5 Å². The van der Waals surface area contributed by atoms with Crippen LogP contribution in [0.3, 0.4) is 0 Å². The molecule has 0 amide bonds. The van der Waals surface area contributed by atoms with E-state index in [0.29, 0.717) is 29.9 Å². The highest BCUT2D eigenvalue weighted by atomic mass is 16.4. The number of rotatable bonds is 0. The van der Waals surface area contributed by atoms with Crippen LogP contribution in [0.15, 0.2) is 16.8 Å². The minimum Gasteiger partial charge on any atom is -0.411 e. The average molecular weight is 317 g/mol. The van der Waals surface area contributed by atoms with E-state index in [1.807, 2.05) is 0 Å². The minimum absolute atomic E-state index is 0.0717. The Balaban J connectivity index is 1.71. The Morgan fingerprint density at radius 2 is 1.87 bits per heavy atom. The molecule has 4 heteroatoms. The van der Waals surface area contributed by atoms with Gasteiger partial charge in [0.15, 0.2) is 5.78 Å². The predicted octanol–water partition coefficient (Wildman–Crippen LogP) is 3.32. The molecule has 2 N–H and O–H groups in total. The summed E-state index contributed by atoms with van der Waals surface area (Å²) in [4.78, 5) is 12.6. The number of carbonyl (C=O) groups is 1. The molecule has 0 unspecified atom stereocenters. The summed E-state index contributed by atoms with van der Waals surface area (Å²) in [5.74, 6) is 1.48. The van der Waals surface area contributed by atoms with Gasteiger partial charge in [-0.1, -0.05) is 30.7 Å². The lowest BCUT2D eigenvalue weighted by Gasteiger charge is -2.56. The van der Waals surface area contributed by atoms with Crippen LogP contribution in [-0.4, -0.2) is 27.9 Å². The molecule has 4 aliphatic rings. The van der Waals surface area contributed by atoms with Crippen LogP contribution < -0.4 is 0 Å². The first kappa shape index (κ1) is 15.4. The molecule has 0 radical (unpaired) electrons. The highest BCUT2D eigenvalue weighted by Gasteiger charge is 2.60. The molecule has 0 heterocycles. The Kier molecular flexibility index (Phi) is 3.29. The van der Waals surface area contributed by atoms with Crippen LogP contribution in [0.25, 0.3) is 0 Å². The van der Waals surface area contributed by atoms with E-state index in [4.69, 9.17) is 0 Å². The highest BCUT2D eigenvalue weighted by molar-refractivity contribution is 6.43. The molecule has 4 nitrogen and oxygen atoms in total. The minimum atomic E-state index is -0.335. The summed E-state index contributed by atoms with van der Waals surface area (Å²) in [5, 5.41) is 22.5. The van der Waals surface area contributed by atoms with E-state index in [-0.39, 0.29) is 22.7 Å². The number of ketones is 1. The number of hydrogen-bond acceptors (Lipinski definition) is 4. The van der Waals surface area contributed by atoms with E-state index in [1.165, 1.54) is 5.57 Å². The Labute approximate surface area is 137 Å². The normalized spacial score (nSPS) is 51.0. The summed E-state index contributed by atoms with van der Waals surface area (Å²) in [6.45, 7) is 4.46. The van der Waals surface area contributed by atoms with Gasteiger partial charge in [-0.15, -0.1) is 0 Å². The Bertz CT molecular complexity index is 610. The second-order valence-corrected chi connectivity index (χ2v) is 8.69. The van der Waals surface area contributed by atoms with E-state index in [0.717, 1.165) is 38.5 Å². The summed E-state index contributed by atoms with van der Waals surface area (Å²) in [6.07, 6.45) is 8.57. The first-order valence-corrected chi connectivity index (χ1v) is 9.03. The van der Waals surface area contributed by atoms with Gasteiger partial charge in [0, 0.05) is 11.8 Å². The number of nitrogens with zero attached hydrogens (tertiary/aromatic N) is 1. The lowest BCUT2D eigenvalue weighted by Crippen LogP contribution is -2.50. The molecule has 23 heavy (non-hydrogen) atoms. The molecular weight excluding hydrogens is 290 g/mol. The second-order valence-electron chi connectivity index (χ2n) is 8.69. The van der Waals surface area contributed by atoms with Crippen LogP contribution in [0.1, 0.15) is 58.8 Å². The lowest BCUT2D eigenvalue weighted by atomic mass is 9.48. The number of allylic oxidation sites excluding steroid dienone is 1. The summed E-state index contributed by atoms with van der Waals surface area (Å²) < 4.78 is 0. The third-order valence-corrected chi connectivity index (χ3v) is 7.78. The molecule has 0 saturated heterocycles. The number of oxime groups is 1. The van der Waals surface area contributed by atoms with Gasteiger partial charge >= 0.3 is 0 Å². The topological polar surface area (TPSA) is 69.9 Å². The Morgan fingerprint density at radius 3 is 2.61 bits per heavy atom. The van der Waals surface area contributed by atoms with Gasteiger partial charge in [0.1, 0.15) is 5.71 Å². The fourth-order valence-electron chi connectivity index (χ4n) is 6.34. The molecule has 3 saturated carbocycles. The van der Waals surface area contributed by atoms with Crippen LogP contribution >= 0.6 is 0 Å². The van der Waals surface area contributed by atoms with E-state index in [1.54, 1.807) is 0 Å². The monoisotopic (exact) mass is 317 g/mol. The average Bonchev–Trinajstić information content (AvgIpc) is 2.79. The molecule has 0 aromatic heterocycles. The number of Topliss-reactive ketones (excluding diaryl/α,β-unsaturated/α-hetero) is 1. The van der Waals surface area contributed by atoms with Gasteiger partial charge < -0.3 is 10.3 Å². The highest BCUT2D eigenvalue weighted by Crippen LogP contribution is 2.63. The van der Waals surface area contributed by atoms with Crippen molar-refractivity contribution in [3.63, 3.8) is 0 Å². The van der Waals surface area contributed by atoms with Crippen LogP contribution in [-0.2, 0) is 4.79 Å². The first-order valence-electron chi connectivity index (χ1n) is 9.03. The van der Waals surface area contributed by atoms with Crippen molar-refractivity contribution in [1.29, 1.82) is 0 Å². The van der Waals surface area contributed by atoms with Gasteiger partial charge in [-0.2, -0.15) is 0 Å². The third kappa shape index (κ3) is 1.93. The molecule has 3 fully saturated rings. The van der Waals surface area contributed by atoms with Crippen LogP contribution in [0.4, 0.5) is 0 Å². The molecule has 0 aromatic rings. The molecule has 126 valence electrons. The van der Waals surface area contributed by atoms with Gasteiger partial charge in [0.2, 0.25) is 0 Å². The fourth-order valence-corrected chi connectivity index (χ4v) is 6.34. The molecule has 0 aliphatic heterocycles. The number of aliphatic hydroxyl groups is 1. The maximum atomic E-state index is 12.6. The zero-order chi connectivity index (χ0) is 16.4. The molecule has 6 atom stereocenters. The lowest BCUT2D eigenvalue weighted by molar-refractivity contribution is -0.128. The van der Waals surface area contributed by atoms with Gasteiger partial charge in [0.25, 0.3) is 0 Å². The zero-order valence-electron chi connectivity index (χ0n) is 14.1. The zero-order valence-corrected chi connectivity index (χ0v) is 14.1. The maximum absolute atomic E-state index is 12.6. The number of aliphatic hydroxyl groups excluding tert-OH is 1. The van der Waals surface area contributed by atoms with Crippen molar-refractivity contribution in [3.05, 3.63) is 11.6 Å². The van der Waals surface area contributed by atoms with E-state index in [2.05, 4.69) is 25.1 Å². The van der Waals surface area contributed by atoms with Crippen LogP contribution in [0, 0.1) is 28.6 Å². The van der Waals surface area contributed by atoms with Crippen molar-refractivity contribution in [3.8, 4) is 0 Å². The molecule has 0 spiro atoms. The summed E-state index contributed by atoms with van der Waals surface area (Å²) in [7, 11) is 0. The van der Waals surface area contributed by atoms with E-state index in [9.17, 15) is 15.1 Å². The van der Waals surface area contributed by atoms with Gasteiger partial charge in [0.05, 0.1) is 6.10 Å². The summed E-state index contributed by atoms with van der Waals surface area (Å²) in [6, 6.07) is 0. The van der Waals surface area contributed by atoms with Crippen LogP contribution in [0.5, 0.6) is 0 Å². The molecule has 0 bridgehead atoms. The van der Waals surface area contributed by atoms with Crippen LogP contribution in [0.2, 0.25) is 0 Å². The van der Waals surface area contributed by atoms with Crippen molar-refractivity contribution in [2.75, 3.05) is 0 Å². The molecule has 4 aliphatic carbocycles. The van der Waals surface area contributed by atoms with E-state index >= 15 is 0 Å². The SMILES string of the molecule is C[C@]12CC[C@@H](O)CC1=CC[C@H]1[C@H]2CC[C@]2(C)C(=O)/C(=N/O)C[C@H]12.